The van der Waals surface area contributed by atoms with Gasteiger partial charge >= 0.3 is 0 Å². The van der Waals surface area contributed by atoms with Crippen molar-refractivity contribution in [3.05, 3.63) is 46.7 Å². The number of benzene rings is 1. The van der Waals surface area contributed by atoms with Crippen molar-refractivity contribution in [2.45, 2.75) is 40.2 Å². The molecule has 128 valence electrons. The number of nitrogens with zero attached hydrogens (tertiary/aromatic N) is 1. The quantitative estimate of drug-likeness (QED) is 0.583. The summed E-state index contributed by atoms with van der Waals surface area (Å²) in [5.74, 6) is 1.99. The molecule has 5 heteroatoms. The van der Waals surface area contributed by atoms with Crippen LogP contribution in [-0.2, 0) is 19.4 Å². The summed E-state index contributed by atoms with van der Waals surface area (Å²) in [7, 11) is 1.71. The van der Waals surface area contributed by atoms with E-state index in [0.717, 1.165) is 37.5 Å². The fourth-order valence-corrected chi connectivity index (χ4v) is 3.23. The first-order valence-corrected chi connectivity index (χ1v) is 8.63. The van der Waals surface area contributed by atoms with Crippen LogP contribution in [0.25, 0.3) is 10.9 Å². The van der Waals surface area contributed by atoms with Gasteiger partial charge in [-0.25, -0.2) is 4.98 Å². The lowest BCUT2D eigenvalue weighted by atomic mass is 10.1. The van der Waals surface area contributed by atoms with Gasteiger partial charge in [0.25, 0.3) is 0 Å². The number of imidazole rings is 1. The van der Waals surface area contributed by atoms with E-state index in [9.17, 15) is 0 Å². The molecule has 0 saturated carbocycles. The molecule has 0 aliphatic heterocycles. The summed E-state index contributed by atoms with van der Waals surface area (Å²) >= 11 is 0. The second-order valence-corrected chi connectivity index (χ2v) is 6.28. The molecule has 0 aliphatic carbocycles. The number of hydrogen-bond donors (Lipinski definition) is 3. The zero-order chi connectivity index (χ0) is 17.1. The Balaban J connectivity index is 1.65. The SMILES string of the molecule is CCc1nc(C[NH2+]CCc2c(C)[nH]c3ccc(OC)cc23)c(C)[nH]1. The van der Waals surface area contributed by atoms with Gasteiger partial charge in [0.1, 0.15) is 23.8 Å². The van der Waals surface area contributed by atoms with Gasteiger partial charge in [-0.1, -0.05) is 6.92 Å². The third-order valence-corrected chi connectivity index (χ3v) is 4.63. The molecule has 0 saturated heterocycles. The molecule has 24 heavy (non-hydrogen) atoms. The third kappa shape index (κ3) is 3.31. The van der Waals surface area contributed by atoms with Gasteiger partial charge in [0.2, 0.25) is 0 Å². The van der Waals surface area contributed by atoms with Crippen molar-refractivity contribution in [2.75, 3.05) is 13.7 Å². The average Bonchev–Trinajstić information content (AvgIpc) is 3.10. The lowest BCUT2D eigenvalue weighted by Crippen LogP contribution is -2.83. The van der Waals surface area contributed by atoms with Crippen molar-refractivity contribution in [2.24, 2.45) is 0 Å². The van der Waals surface area contributed by atoms with Gasteiger partial charge in [0.15, 0.2) is 0 Å². The Morgan fingerprint density at radius 2 is 2.00 bits per heavy atom. The maximum absolute atomic E-state index is 5.36. The van der Waals surface area contributed by atoms with E-state index in [0.29, 0.717) is 0 Å². The molecule has 4 N–H and O–H groups in total. The van der Waals surface area contributed by atoms with Crippen LogP contribution in [0.5, 0.6) is 5.75 Å². The van der Waals surface area contributed by atoms with Gasteiger partial charge in [0, 0.05) is 35.1 Å². The molecular weight excluding hydrogens is 300 g/mol. The van der Waals surface area contributed by atoms with E-state index in [4.69, 9.17) is 4.74 Å². The first kappa shape index (κ1) is 16.6. The number of hydrogen-bond acceptors (Lipinski definition) is 2. The van der Waals surface area contributed by atoms with Crippen LogP contribution < -0.4 is 10.1 Å². The molecule has 0 radical (unpaired) electrons. The number of fused-ring (bicyclic) bond motifs is 1. The number of aryl methyl sites for hydroxylation is 3. The van der Waals surface area contributed by atoms with Gasteiger partial charge in [-0.2, -0.15) is 0 Å². The maximum atomic E-state index is 5.36. The topological polar surface area (TPSA) is 70.3 Å². The van der Waals surface area contributed by atoms with Crippen LogP contribution in [0.3, 0.4) is 0 Å². The van der Waals surface area contributed by atoms with Crippen LogP contribution in [0.2, 0.25) is 0 Å². The summed E-state index contributed by atoms with van der Waals surface area (Å²) in [6.07, 6.45) is 1.99. The highest BCUT2D eigenvalue weighted by Gasteiger charge is 2.11. The Labute approximate surface area is 142 Å². The normalized spacial score (nSPS) is 11.3. The summed E-state index contributed by atoms with van der Waals surface area (Å²) in [4.78, 5) is 11.5. The number of ether oxygens (including phenoxy) is 1. The number of rotatable bonds is 7. The lowest BCUT2D eigenvalue weighted by molar-refractivity contribution is -0.670. The van der Waals surface area contributed by atoms with E-state index in [1.54, 1.807) is 7.11 Å². The summed E-state index contributed by atoms with van der Waals surface area (Å²) in [6, 6.07) is 6.22. The van der Waals surface area contributed by atoms with Gasteiger partial charge in [0.05, 0.1) is 13.7 Å². The highest BCUT2D eigenvalue weighted by molar-refractivity contribution is 5.86. The van der Waals surface area contributed by atoms with Crippen LogP contribution in [0.1, 0.15) is 35.4 Å². The maximum Gasteiger partial charge on any atom is 0.120 e. The standard InChI is InChI=1S/C19H26N4O/c1-5-19-22-13(3)18(23-19)11-20-9-8-15-12(2)21-17-7-6-14(24-4)10-16(15)17/h6-7,10,20-21H,5,8-9,11H2,1-4H3,(H,22,23)/p+1. The highest BCUT2D eigenvalue weighted by Crippen LogP contribution is 2.26. The van der Waals surface area contributed by atoms with Crippen LogP contribution in [0, 0.1) is 13.8 Å². The summed E-state index contributed by atoms with van der Waals surface area (Å²) in [5.41, 5.74) is 6.17. The minimum Gasteiger partial charge on any atom is -0.497 e. The number of nitrogens with one attached hydrogen (secondary N) is 2. The molecular formula is C19H27N4O+. The van der Waals surface area contributed by atoms with Gasteiger partial charge < -0.3 is 20.0 Å². The first-order valence-electron chi connectivity index (χ1n) is 8.63. The van der Waals surface area contributed by atoms with Crippen molar-refractivity contribution in [3.8, 4) is 5.75 Å². The summed E-state index contributed by atoms with van der Waals surface area (Å²) < 4.78 is 5.36. The Kier molecular flexibility index (Phi) is 4.90. The van der Waals surface area contributed by atoms with E-state index >= 15 is 0 Å². The van der Waals surface area contributed by atoms with Crippen molar-refractivity contribution in [3.63, 3.8) is 0 Å². The van der Waals surface area contributed by atoms with E-state index in [-0.39, 0.29) is 0 Å². The number of nitrogens with two attached hydrogens (primary N) is 1. The zero-order valence-electron chi connectivity index (χ0n) is 15.0. The van der Waals surface area contributed by atoms with Crippen LogP contribution in [0.15, 0.2) is 18.2 Å². The minimum atomic E-state index is 0.908. The molecule has 0 aliphatic rings. The van der Waals surface area contributed by atoms with Crippen molar-refractivity contribution >= 4 is 10.9 Å². The number of quaternary nitrogens is 1. The predicted octanol–water partition coefficient (Wildman–Crippen LogP) is 2.38. The number of H-pyrrole nitrogens is 2. The molecule has 0 unspecified atom stereocenters. The van der Waals surface area contributed by atoms with E-state index < -0.39 is 0 Å². The molecule has 2 heterocycles. The molecule has 5 nitrogen and oxygen atoms in total. The number of methoxy groups -OCH3 is 1. The molecule has 3 aromatic rings. The van der Waals surface area contributed by atoms with E-state index in [2.05, 4.69) is 53.2 Å². The van der Waals surface area contributed by atoms with Crippen LogP contribution in [0.4, 0.5) is 0 Å². The molecule has 1 aromatic carbocycles. The summed E-state index contributed by atoms with van der Waals surface area (Å²) in [6.45, 7) is 8.34. The zero-order valence-corrected chi connectivity index (χ0v) is 15.0. The molecule has 0 amide bonds. The second kappa shape index (κ2) is 7.09. The predicted molar refractivity (Wildman–Crippen MR) is 96.5 cm³/mol. The Morgan fingerprint density at radius 3 is 2.71 bits per heavy atom. The molecule has 2 aromatic heterocycles. The highest BCUT2D eigenvalue weighted by atomic mass is 16.5. The van der Waals surface area contributed by atoms with Crippen molar-refractivity contribution in [1.29, 1.82) is 0 Å². The first-order chi connectivity index (χ1) is 11.6. The third-order valence-electron chi connectivity index (χ3n) is 4.63. The fraction of sp³-hybridized carbons (Fsp3) is 0.421. The molecule has 0 spiro atoms. The molecule has 3 rings (SSSR count). The van der Waals surface area contributed by atoms with Crippen molar-refractivity contribution < 1.29 is 10.1 Å². The van der Waals surface area contributed by atoms with Crippen LogP contribution >= 0.6 is 0 Å². The Hall–Kier alpha value is -2.27. The van der Waals surface area contributed by atoms with E-state index in [1.165, 1.54) is 33.5 Å². The average molecular weight is 327 g/mol. The fourth-order valence-electron chi connectivity index (χ4n) is 3.23. The van der Waals surface area contributed by atoms with Gasteiger partial charge in [-0.05, 0) is 37.6 Å². The lowest BCUT2D eigenvalue weighted by Gasteiger charge is -2.03. The Morgan fingerprint density at radius 1 is 1.17 bits per heavy atom. The second-order valence-electron chi connectivity index (χ2n) is 6.28. The number of aromatic amines is 2. The molecule has 0 bridgehead atoms. The summed E-state index contributed by atoms with van der Waals surface area (Å²) in [5, 5.41) is 3.60. The largest absolute Gasteiger partial charge is 0.497 e. The minimum absolute atomic E-state index is 0.908. The monoisotopic (exact) mass is 327 g/mol. The smallest absolute Gasteiger partial charge is 0.120 e. The number of aromatic nitrogens is 3. The molecule has 0 atom stereocenters. The molecule has 0 fully saturated rings. The van der Waals surface area contributed by atoms with Gasteiger partial charge in [-0.3, -0.25) is 0 Å². The Bertz CT molecular complexity index is 831. The van der Waals surface area contributed by atoms with Crippen molar-refractivity contribution in [1.82, 2.24) is 15.0 Å². The van der Waals surface area contributed by atoms with E-state index in [1.807, 2.05) is 6.07 Å². The van der Waals surface area contributed by atoms with Gasteiger partial charge in [-0.15, -0.1) is 0 Å². The van der Waals surface area contributed by atoms with Crippen LogP contribution in [-0.4, -0.2) is 28.6 Å².